The van der Waals surface area contributed by atoms with Gasteiger partial charge in [0.05, 0.1) is 6.54 Å². The van der Waals surface area contributed by atoms with E-state index in [4.69, 9.17) is 14.3 Å². The van der Waals surface area contributed by atoms with Gasteiger partial charge in [0.2, 0.25) is 0 Å². The third-order valence-corrected chi connectivity index (χ3v) is 3.55. The lowest BCUT2D eigenvalue weighted by molar-refractivity contribution is -0.191. The fraction of sp³-hybridized carbons (Fsp3) is 0.429. The summed E-state index contributed by atoms with van der Waals surface area (Å²) in [5, 5.41) is 3.30. The predicted octanol–water partition coefficient (Wildman–Crippen LogP) is 1.18. The van der Waals surface area contributed by atoms with E-state index in [1.165, 1.54) is 0 Å². The molecule has 1 amide bonds. The first-order chi connectivity index (χ1) is 9.71. The minimum Gasteiger partial charge on any atom is -0.441 e. The van der Waals surface area contributed by atoms with E-state index in [1.54, 1.807) is 4.90 Å². The van der Waals surface area contributed by atoms with Crippen molar-refractivity contribution in [1.82, 2.24) is 5.32 Å². The van der Waals surface area contributed by atoms with E-state index in [1.807, 2.05) is 30.3 Å². The molecule has 0 bridgehead atoms. The molecule has 0 unspecified atom stereocenters. The Balaban J connectivity index is 0.000000452. The standard InChI is InChI=1S/C13H16N2O2.CO2/c16-12-15(11-4-2-1-3-5-11)10-13(17-12)6-8-14-9-7-13;2-1-3/h1-5,14H,6-10H2;. The van der Waals surface area contributed by atoms with Crippen LogP contribution in [0.3, 0.4) is 0 Å². The maximum absolute atomic E-state index is 11.9. The molecule has 6 heteroatoms. The Bertz CT molecular complexity index is 491. The van der Waals surface area contributed by atoms with Crippen LogP contribution < -0.4 is 10.2 Å². The Labute approximate surface area is 116 Å². The van der Waals surface area contributed by atoms with Gasteiger partial charge in [-0.1, -0.05) is 18.2 Å². The topological polar surface area (TPSA) is 75.7 Å². The van der Waals surface area contributed by atoms with Crippen molar-refractivity contribution in [2.24, 2.45) is 0 Å². The van der Waals surface area contributed by atoms with Crippen molar-refractivity contribution < 1.29 is 19.1 Å². The summed E-state index contributed by atoms with van der Waals surface area (Å²) < 4.78 is 5.60. The monoisotopic (exact) mass is 276 g/mol. The van der Waals surface area contributed by atoms with E-state index in [-0.39, 0.29) is 17.8 Å². The highest BCUT2D eigenvalue weighted by Gasteiger charge is 2.46. The number of benzene rings is 1. The van der Waals surface area contributed by atoms with E-state index in [9.17, 15) is 4.79 Å². The second-order valence-electron chi connectivity index (χ2n) is 4.81. The molecule has 2 heterocycles. The number of amides is 1. The molecule has 2 aliphatic rings. The molecule has 3 rings (SSSR count). The molecule has 0 atom stereocenters. The van der Waals surface area contributed by atoms with Gasteiger partial charge in [0.15, 0.2) is 0 Å². The average Bonchev–Trinajstić information content (AvgIpc) is 2.78. The van der Waals surface area contributed by atoms with Crippen LogP contribution in [0.5, 0.6) is 0 Å². The molecule has 2 aliphatic heterocycles. The third-order valence-electron chi connectivity index (χ3n) is 3.55. The third kappa shape index (κ3) is 3.04. The maximum atomic E-state index is 11.9. The summed E-state index contributed by atoms with van der Waals surface area (Å²) in [6.45, 7) is 2.53. The Kier molecular flexibility index (Phi) is 4.50. The van der Waals surface area contributed by atoms with Gasteiger partial charge in [0, 0.05) is 18.5 Å². The van der Waals surface area contributed by atoms with Crippen LogP contribution in [0, 0.1) is 0 Å². The minimum atomic E-state index is -0.266. The zero-order valence-electron chi connectivity index (χ0n) is 11.0. The number of nitrogens with one attached hydrogen (secondary N) is 1. The van der Waals surface area contributed by atoms with E-state index < -0.39 is 0 Å². The van der Waals surface area contributed by atoms with E-state index in [2.05, 4.69) is 5.32 Å². The Morgan fingerprint density at radius 3 is 2.35 bits per heavy atom. The summed E-state index contributed by atoms with van der Waals surface area (Å²) >= 11 is 0. The normalized spacial score (nSPS) is 19.8. The number of hydrogen-bond donors (Lipinski definition) is 1. The average molecular weight is 276 g/mol. The minimum absolute atomic E-state index is 0.210. The van der Waals surface area contributed by atoms with Gasteiger partial charge < -0.3 is 10.1 Å². The molecule has 1 aromatic rings. The summed E-state index contributed by atoms with van der Waals surface area (Å²) in [4.78, 5) is 29.9. The summed E-state index contributed by atoms with van der Waals surface area (Å²) in [6.07, 6.45) is 1.85. The lowest BCUT2D eigenvalue weighted by Gasteiger charge is -2.31. The number of hydrogen-bond acceptors (Lipinski definition) is 5. The first-order valence-electron chi connectivity index (χ1n) is 6.46. The van der Waals surface area contributed by atoms with Crippen LogP contribution >= 0.6 is 0 Å². The highest BCUT2D eigenvalue weighted by Crippen LogP contribution is 2.33. The van der Waals surface area contributed by atoms with Crippen molar-refractivity contribution in [3.05, 3.63) is 30.3 Å². The molecular formula is C14H16N2O4. The molecule has 6 nitrogen and oxygen atoms in total. The predicted molar refractivity (Wildman–Crippen MR) is 70.1 cm³/mol. The number of anilines is 1. The molecule has 1 N–H and O–H groups in total. The molecule has 20 heavy (non-hydrogen) atoms. The largest absolute Gasteiger partial charge is 0.441 e. The second-order valence-corrected chi connectivity index (χ2v) is 4.81. The lowest BCUT2D eigenvalue weighted by Crippen LogP contribution is -2.44. The number of nitrogens with zero attached hydrogens (tertiary/aromatic N) is 1. The van der Waals surface area contributed by atoms with Gasteiger partial charge in [0.25, 0.3) is 0 Å². The Morgan fingerprint density at radius 2 is 1.75 bits per heavy atom. The molecule has 1 aromatic carbocycles. The number of ether oxygens (including phenoxy) is 1. The van der Waals surface area contributed by atoms with Crippen LogP contribution in [0.1, 0.15) is 12.8 Å². The molecule has 0 saturated carbocycles. The fourth-order valence-electron chi connectivity index (χ4n) is 2.57. The van der Waals surface area contributed by atoms with E-state index >= 15 is 0 Å². The molecule has 2 saturated heterocycles. The van der Waals surface area contributed by atoms with Crippen molar-refractivity contribution in [3.8, 4) is 0 Å². The second kappa shape index (κ2) is 6.32. The van der Waals surface area contributed by atoms with Gasteiger partial charge >= 0.3 is 12.2 Å². The molecule has 106 valence electrons. The van der Waals surface area contributed by atoms with Crippen molar-refractivity contribution in [3.63, 3.8) is 0 Å². The molecule has 0 radical (unpaired) electrons. The molecular weight excluding hydrogens is 260 g/mol. The van der Waals surface area contributed by atoms with Crippen molar-refractivity contribution >= 4 is 17.9 Å². The maximum Gasteiger partial charge on any atom is 0.415 e. The molecule has 0 aliphatic carbocycles. The fourth-order valence-corrected chi connectivity index (χ4v) is 2.57. The van der Waals surface area contributed by atoms with E-state index in [0.29, 0.717) is 6.54 Å². The van der Waals surface area contributed by atoms with Gasteiger partial charge in [-0.05, 0) is 25.2 Å². The number of carbonyl (C=O) groups is 1. The lowest BCUT2D eigenvalue weighted by atomic mass is 9.92. The zero-order chi connectivity index (χ0) is 14.4. The summed E-state index contributed by atoms with van der Waals surface area (Å²) in [7, 11) is 0. The van der Waals surface area contributed by atoms with Crippen molar-refractivity contribution in [2.75, 3.05) is 24.5 Å². The molecule has 0 aromatic heterocycles. The molecule has 2 fully saturated rings. The number of rotatable bonds is 1. The number of carbonyl (C=O) groups excluding carboxylic acids is 3. The first-order valence-corrected chi connectivity index (χ1v) is 6.46. The first kappa shape index (κ1) is 14.2. The highest BCUT2D eigenvalue weighted by atomic mass is 16.6. The van der Waals surface area contributed by atoms with Gasteiger partial charge in [0.1, 0.15) is 5.60 Å². The summed E-state index contributed by atoms with van der Waals surface area (Å²) in [5.74, 6) is 0. The quantitative estimate of drug-likeness (QED) is 0.833. The van der Waals surface area contributed by atoms with Crippen LogP contribution in [0.25, 0.3) is 0 Å². The Hall–Kier alpha value is -2.17. The van der Waals surface area contributed by atoms with Crippen LogP contribution in [0.4, 0.5) is 10.5 Å². The van der Waals surface area contributed by atoms with Gasteiger partial charge in [-0.15, -0.1) is 0 Å². The van der Waals surface area contributed by atoms with Crippen LogP contribution in [-0.4, -0.2) is 37.5 Å². The van der Waals surface area contributed by atoms with Gasteiger partial charge in [-0.3, -0.25) is 4.90 Å². The highest BCUT2D eigenvalue weighted by molar-refractivity contribution is 5.90. The van der Waals surface area contributed by atoms with Crippen molar-refractivity contribution in [2.45, 2.75) is 18.4 Å². The van der Waals surface area contributed by atoms with Gasteiger partial charge in [-0.2, -0.15) is 9.59 Å². The SMILES string of the molecule is O=C1OC2(CCNCC2)CN1c1ccccc1.O=C=O. The van der Waals surface area contributed by atoms with Crippen molar-refractivity contribution in [1.29, 1.82) is 0 Å². The Morgan fingerprint density at radius 1 is 1.15 bits per heavy atom. The zero-order valence-corrected chi connectivity index (χ0v) is 11.0. The number of para-hydroxylation sites is 1. The molecule has 1 spiro atoms. The summed E-state index contributed by atoms with van der Waals surface area (Å²) in [5.41, 5.74) is 0.658. The van der Waals surface area contributed by atoms with Gasteiger partial charge in [-0.25, -0.2) is 4.79 Å². The van der Waals surface area contributed by atoms with E-state index in [0.717, 1.165) is 31.6 Å². The van der Waals surface area contributed by atoms with Crippen LogP contribution in [-0.2, 0) is 14.3 Å². The van der Waals surface area contributed by atoms with Crippen LogP contribution in [0.15, 0.2) is 30.3 Å². The smallest absolute Gasteiger partial charge is 0.415 e. The van der Waals surface area contributed by atoms with Crippen LogP contribution in [0.2, 0.25) is 0 Å². The number of piperidine rings is 1. The summed E-state index contributed by atoms with van der Waals surface area (Å²) in [6, 6.07) is 9.72.